The minimum absolute atomic E-state index is 0. The molecule has 0 unspecified atom stereocenters. The fourth-order valence-corrected chi connectivity index (χ4v) is 1.09. The molecule has 0 heterocycles. The van der Waals surface area contributed by atoms with Gasteiger partial charge in [0.2, 0.25) is 0 Å². The zero-order chi connectivity index (χ0) is 8.81. The van der Waals surface area contributed by atoms with Gasteiger partial charge in [-0.3, -0.25) is 0 Å². The van der Waals surface area contributed by atoms with Gasteiger partial charge in [0, 0.05) is 0 Å². The van der Waals surface area contributed by atoms with E-state index in [1.165, 1.54) is 11.1 Å². The Morgan fingerprint density at radius 3 is 2.46 bits per heavy atom. The monoisotopic (exact) mass is 198 g/mol. The first-order valence-corrected chi connectivity index (χ1v) is 4.31. The van der Waals surface area contributed by atoms with Crippen LogP contribution in [-0.4, -0.2) is 0 Å². The molecule has 13 heavy (non-hydrogen) atoms. The SMILES string of the molecule is C=CC[CH-]Cc1ccc(C)cc1.[K+]. The summed E-state index contributed by atoms with van der Waals surface area (Å²) >= 11 is 0. The molecule has 1 aromatic rings. The van der Waals surface area contributed by atoms with E-state index in [0.717, 1.165) is 12.8 Å². The largest absolute Gasteiger partial charge is 1.00 e. The molecule has 0 radical (unpaired) electrons. The van der Waals surface area contributed by atoms with Gasteiger partial charge in [-0.15, -0.1) is 12.7 Å². The second kappa shape index (κ2) is 7.95. The van der Waals surface area contributed by atoms with Crippen LogP contribution < -0.4 is 51.4 Å². The molecule has 64 valence electrons. The second-order valence-electron chi connectivity index (χ2n) is 3.00. The maximum Gasteiger partial charge on any atom is 1.00 e. The molecule has 0 aliphatic rings. The van der Waals surface area contributed by atoms with Gasteiger partial charge in [0.1, 0.15) is 0 Å². The van der Waals surface area contributed by atoms with Gasteiger partial charge >= 0.3 is 51.4 Å². The van der Waals surface area contributed by atoms with E-state index in [-0.39, 0.29) is 51.4 Å². The van der Waals surface area contributed by atoms with Gasteiger partial charge in [-0.1, -0.05) is 35.4 Å². The molecule has 1 aromatic carbocycles. The van der Waals surface area contributed by atoms with Gasteiger partial charge in [0.05, 0.1) is 0 Å². The molecule has 0 amide bonds. The Hall–Kier alpha value is 0.596. The average Bonchev–Trinajstić information content (AvgIpc) is 2.09. The van der Waals surface area contributed by atoms with Crippen LogP contribution in [0.1, 0.15) is 17.5 Å². The number of unbranched alkanes of at least 4 members (excludes halogenated alkanes) is 1. The van der Waals surface area contributed by atoms with Gasteiger partial charge < -0.3 is 6.42 Å². The van der Waals surface area contributed by atoms with Crippen molar-refractivity contribution in [2.45, 2.75) is 19.8 Å². The maximum atomic E-state index is 3.67. The third-order valence-corrected chi connectivity index (χ3v) is 1.83. The summed E-state index contributed by atoms with van der Waals surface area (Å²) in [5.74, 6) is 0. The van der Waals surface area contributed by atoms with Gasteiger partial charge in [0.15, 0.2) is 0 Å². The number of hydrogen-bond donors (Lipinski definition) is 0. The van der Waals surface area contributed by atoms with Crippen molar-refractivity contribution in [1.29, 1.82) is 0 Å². The number of benzene rings is 1. The molecule has 0 aliphatic heterocycles. The van der Waals surface area contributed by atoms with Crippen LogP contribution >= 0.6 is 0 Å². The van der Waals surface area contributed by atoms with Crippen molar-refractivity contribution < 1.29 is 51.4 Å². The van der Waals surface area contributed by atoms with E-state index in [4.69, 9.17) is 0 Å². The van der Waals surface area contributed by atoms with Crippen molar-refractivity contribution in [3.63, 3.8) is 0 Å². The molecule has 1 heteroatoms. The molecule has 0 saturated heterocycles. The zero-order valence-electron chi connectivity index (χ0n) is 8.59. The van der Waals surface area contributed by atoms with Crippen LogP contribution in [0.3, 0.4) is 0 Å². The van der Waals surface area contributed by atoms with Crippen LogP contribution in [0.25, 0.3) is 0 Å². The molecule has 0 aromatic heterocycles. The van der Waals surface area contributed by atoms with E-state index < -0.39 is 0 Å². The smallest absolute Gasteiger partial charge is 0.321 e. The van der Waals surface area contributed by atoms with Crippen LogP contribution in [0.15, 0.2) is 36.9 Å². The molecule has 0 bridgehead atoms. The predicted molar refractivity (Wildman–Crippen MR) is 54.0 cm³/mol. The van der Waals surface area contributed by atoms with Crippen LogP contribution in [0.4, 0.5) is 0 Å². The van der Waals surface area contributed by atoms with Crippen LogP contribution in [0.5, 0.6) is 0 Å². The first-order valence-electron chi connectivity index (χ1n) is 4.31. The summed E-state index contributed by atoms with van der Waals surface area (Å²) < 4.78 is 0. The van der Waals surface area contributed by atoms with Crippen molar-refractivity contribution in [2.75, 3.05) is 0 Å². The first kappa shape index (κ1) is 13.6. The quantitative estimate of drug-likeness (QED) is 0.283. The Balaban J connectivity index is 0.00000144. The van der Waals surface area contributed by atoms with Crippen molar-refractivity contribution >= 4 is 0 Å². The van der Waals surface area contributed by atoms with E-state index in [0.29, 0.717) is 0 Å². The van der Waals surface area contributed by atoms with Crippen LogP contribution in [0, 0.1) is 13.3 Å². The molecule has 0 nitrogen and oxygen atoms in total. The summed E-state index contributed by atoms with van der Waals surface area (Å²) in [7, 11) is 0. The summed E-state index contributed by atoms with van der Waals surface area (Å²) in [5.41, 5.74) is 2.70. The second-order valence-corrected chi connectivity index (χ2v) is 3.00. The maximum absolute atomic E-state index is 3.67. The van der Waals surface area contributed by atoms with Crippen molar-refractivity contribution in [3.05, 3.63) is 54.5 Å². The van der Waals surface area contributed by atoms with Gasteiger partial charge in [-0.05, 0) is 6.92 Å². The zero-order valence-corrected chi connectivity index (χ0v) is 11.7. The molecule has 1 rings (SSSR count). The first-order chi connectivity index (χ1) is 5.83. The normalized spacial score (nSPS) is 9.00. The van der Waals surface area contributed by atoms with Crippen LogP contribution in [0.2, 0.25) is 0 Å². The number of hydrogen-bond acceptors (Lipinski definition) is 0. The molecule has 0 saturated carbocycles. The van der Waals surface area contributed by atoms with Crippen molar-refractivity contribution in [3.8, 4) is 0 Å². The standard InChI is InChI=1S/C12H15.K/c1-3-4-5-6-12-9-7-11(2)8-10-12;/h3,5,7-10H,1,4,6H2,2H3;/q-1;+1. The third kappa shape index (κ3) is 5.81. The van der Waals surface area contributed by atoms with Crippen molar-refractivity contribution in [1.82, 2.24) is 0 Å². The Labute approximate surface area is 124 Å². The number of rotatable bonds is 4. The van der Waals surface area contributed by atoms with Gasteiger partial charge in [0.25, 0.3) is 0 Å². The summed E-state index contributed by atoms with van der Waals surface area (Å²) in [4.78, 5) is 0. The fraction of sp³-hybridized carbons (Fsp3) is 0.250. The molecule has 0 atom stereocenters. The van der Waals surface area contributed by atoms with E-state index >= 15 is 0 Å². The number of allylic oxidation sites excluding steroid dienone is 1. The summed E-state index contributed by atoms with van der Waals surface area (Å²) in [6.45, 7) is 5.78. The predicted octanol–water partition coefficient (Wildman–Crippen LogP) is 0.322. The molecule has 0 aliphatic carbocycles. The molecule has 0 N–H and O–H groups in total. The van der Waals surface area contributed by atoms with Gasteiger partial charge in [-0.2, -0.15) is 12.8 Å². The third-order valence-electron chi connectivity index (χ3n) is 1.83. The summed E-state index contributed by atoms with van der Waals surface area (Å²) in [6.07, 6.45) is 6.20. The minimum atomic E-state index is 0. The van der Waals surface area contributed by atoms with E-state index in [2.05, 4.69) is 44.2 Å². The Morgan fingerprint density at radius 1 is 1.31 bits per heavy atom. The Morgan fingerprint density at radius 2 is 1.92 bits per heavy atom. The molecular weight excluding hydrogens is 183 g/mol. The minimum Gasteiger partial charge on any atom is -0.321 e. The topological polar surface area (TPSA) is 0 Å². The van der Waals surface area contributed by atoms with E-state index in [1.807, 2.05) is 6.08 Å². The van der Waals surface area contributed by atoms with Crippen molar-refractivity contribution in [2.24, 2.45) is 0 Å². The summed E-state index contributed by atoms with van der Waals surface area (Å²) in [5, 5.41) is 0. The Kier molecular flexibility index (Phi) is 8.32. The average molecular weight is 198 g/mol. The van der Waals surface area contributed by atoms with E-state index in [9.17, 15) is 0 Å². The Bertz CT molecular complexity index is 236. The summed E-state index contributed by atoms with van der Waals surface area (Å²) in [6, 6.07) is 8.65. The fourth-order valence-electron chi connectivity index (χ4n) is 1.09. The molecule has 0 spiro atoms. The number of aryl methyl sites for hydroxylation is 1. The van der Waals surface area contributed by atoms with E-state index in [1.54, 1.807) is 0 Å². The molecular formula is C12H15K. The van der Waals surface area contributed by atoms with Crippen LogP contribution in [-0.2, 0) is 6.42 Å². The molecule has 0 fully saturated rings. The van der Waals surface area contributed by atoms with Gasteiger partial charge in [-0.25, -0.2) is 0 Å².